The third-order valence-corrected chi connectivity index (χ3v) is 6.04. The Bertz CT molecular complexity index is 1060. The lowest BCUT2D eigenvalue weighted by molar-refractivity contribution is -0.126. The van der Waals surface area contributed by atoms with Crippen LogP contribution in [0, 0.1) is 0 Å². The van der Waals surface area contributed by atoms with Crippen molar-refractivity contribution >= 4 is 16.9 Å². The summed E-state index contributed by atoms with van der Waals surface area (Å²) in [6, 6.07) is 15.4. The Balaban J connectivity index is 1.33. The summed E-state index contributed by atoms with van der Waals surface area (Å²) in [5, 5.41) is 3.02. The summed E-state index contributed by atoms with van der Waals surface area (Å²) < 4.78 is 7.04. The smallest absolute Gasteiger partial charge is 0.326 e. The number of fused-ring (bicyclic) bond motifs is 1. The van der Waals surface area contributed by atoms with Crippen molar-refractivity contribution in [2.75, 3.05) is 20.2 Å². The fourth-order valence-electron chi connectivity index (χ4n) is 4.21. The zero-order chi connectivity index (χ0) is 21.1. The number of carbonyl (C=O) groups excluding carboxylic acids is 1. The van der Waals surface area contributed by atoms with E-state index in [2.05, 4.69) is 15.2 Å². The Labute approximate surface area is 175 Å². The van der Waals surface area contributed by atoms with Gasteiger partial charge in [0, 0.05) is 25.7 Å². The van der Waals surface area contributed by atoms with Crippen LogP contribution in [-0.4, -0.2) is 46.6 Å². The van der Waals surface area contributed by atoms with Crippen molar-refractivity contribution < 1.29 is 9.53 Å². The van der Waals surface area contributed by atoms with E-state index in [9.17, 15) is 9.59 Å². The van der Waals surface area contributed by atoms with E-state index in [-0.39, 0.29) is 23.7 Å². The summed E-state index contributed by atoms with van der Waals surface area (Å²) >= 11 is 0. The van der Waals surface area contributed by atoms with Crippen LogP contribution in [-0.2, 0) is 11.3 Å². The number of nitrogens with zero attached hydrogens (tertiary/aromatic N) is 2. The van der Waals surface area contributed by atoms with Crippen LogP contribution in [0.25, 0.3) is 11.0 Å². The molecule has 1 aliphatic rings. The van der Waals surface area contributed by atoms with Gasteiger partial charge in [0.25, 0.3) is 0 Å². The van der Waals surface area contributed by atoms with Crippen LogP contribution in [0.2, 0.25) is 0 Å². The van der Waals surface area contributed by atoms with Crippen molar-refractivity contribution in [3.8, 4) is 5.75 Å². The molecule has 0 radical (unpaired) electrons. The number of benzene rings is 2. The number of piperidine rings is 1. The van der Waals surface area contributed by atoms with Gasteiger partial charge in [0.15, 0.2) is 0 Å². The third-order valence-electron chi connectivity index (χ3n) is 6.04. The number of hydrogen-bond donors (Lipinski definition) is 2. The van der Waals surface area contributed by atoms with Crippen molar-refractivity contribution in [1.29, 1.82) is 0 Å². The summed E-state index contributed by atoms with van der Waals surface area (Å²) in [5.74, 6) is 0.823. The maximum Gasteiger partial charge on any atom is 0.326 e. The molecule has 2 N–H and O–H groups in total. The Hall–Kier alpha value is -3.06. The Morgan fingerprint density at radius 3 is 2.57 bits per heavy atom. The molecule has 2 aromatic carbocycles. The zero-order valence-corrected chi connectivity index (χ0v) is 17.4. The second kappa shape index (κ2) is 8.75. The lowest BCUT2D eigenvalue weighted by Crippen LogP contribution is -2.48. The molecule has 7 nitrogen and oxygen atoms in total. The number of ether oxygens (including phenoxy) is 1. The molecule has 1 atom stereocenters. The first kappa shape index (κ1) is 20.2. The lowest BCUT2D eigenvalue weighted by atomic mass is 10.0. The van der Waals surface area contributed by atoms with Gasteiger partial charge in [-0.15, -0.1) is 0 Å². The van der Waals surface area contributed by atoms with E-state index < -0.39 is 0 Å². The van der Waals surface area contributed by atoms with Gasteiger partial charge in [-0.25, -0.2) is 4.79 Å². The highest BCUT2D eigenvalue weighted by molar-refractivity contribution is 5.81. The van der Waals surface area contributed by atoms with E-state index >= 15 is 0 Å². The molecule has 0 aliphatic carbocycles. The monoisotopic (exact) mass is 408 g/mol. The van der Waals surface area contributed by atoms with E-state index in [1.807, 2.05) is 60.0 Å². The Morgan fingerprint density at radius 1 is 1.17 bits per heavy atom. The number of hydrogen-bond acceptors (Lipinski definition) is 4. The molecule has 3 aromatic rings. The summed E-state index contributed by atoms with van der Waals surface area (Å²) in [6.07, 6.45) is 1.69. The molecule has 0 unspecified atom stereocenters. The second-order valence-electron chi connectivity index (χ2n) is 7.83. The van der Waals surface area contributed by atoms with Crippen molar-refractivity contribution in [1.82, 2.24) is 19.8 Å². The highest BCUT2D eigenvalue weighted by Gasteiger charge is 2.28. The van der Waals surface area contributed by atoms with Crippen LogP contribution >= 0.6 is 0 Å². The summed E-state index contributed by atoms with van der Waals surface area (Å²) in [4.78, 5) is 30.2. The number of rotatable bonds is 6. The first-order valence-corrected chi connectivity index (χ1v) is 10.4. The normalized spacial score (nSPS) is 16.5. The number of para-hydroxylation sites is 2. The average molecular weight is 409 g/mol. The zero-order valence-electron chi connectivity index (χ0n) is 17.4. The molecule has 0 spiro atoms. The minimum Gasteiger partial charge on any atom is -0.497 e. The molecule has 1 amide bonds. The maximum atomic E-state index is 12.6. The number of likely N-dealkylation sites (tertiary alicyclic amines) is 1. The number of aromatic amines is 1. The van der Waals surface area contributed by atoms with Crippen LogP contribution in [0.5, 0.6) is 5.75 Å². The highest BCUT2D eigenvalue weighted by Crippen LogP contribution is 2.25. The second-order valence-corrected chi connectivity index (χ2v) is 7.83. The molecule has 30 heavy (non-hydrogen) atoms. The van der Waals surface area contributed by atoms with Crippen LogP contribution in [0.15, 0.2) is 53.3 Å². The molecular formula is C23H28N4O3. The van der Waals surface area contributed by atoms with Gasteiger partial charge in [-0.05, 0) is 49.6 Å². The number of nitrogens with one attached hydrogen (secondary N) is 2. The Morgan fingerprint density at radius 2 is 1.87 bits per heavy atom. The van der Waals surface area contributed by atoms with Gasteiger partial charge >= 0.3 is 5.69 Å². The number of methoxy groups -OCH3 is 1. The van der Waals surface area contributed by atoms with Gasteiger partial charge in [-0.2, -0.15) is 0 Å². The van der Waals surface area contributed by atoms with Gasteiger partial charge in [0.05, 0.1) is 24.2 Å². The van der Waals surface area contributed by atoms with Crippen LogP contribution < -0.4 is 15.7 Å². The van der Waals surface area contributed by atoms with E-state index in [0.717, 1.165) is 48.3 Å². The van der Waals surface area contributed by atoms with Crippen LogP contribution in [0.3, 0.4) is 0 Å². The van der Waals surface area contributed by atoms with Gasteiger partial charge in [0.1, 0.15) is 5.75 Å². The molecule has 7 heteroatoms. The fourth-order valence-corrected chi connectivity index (χ4v) is 4.21. The first-order chi connectivity index (χ1) is 14.6. The van der Waals surface area contributed by atoms with Crippen molar-refractivity contribution in [2.24, 2.45) is 0 Å². The molecule has 1 aromatic heterocycles. The van der Waals surface area contributed by atoms with Gasteiger partial charge in [0.2, 0.25) is 5.91 Å². The SMILES string of the molecule is COc1ccc(CNC(=O)[C@@H](C)N2CCC(n3c(=O)[nH]c4ccccc43)CC2)cc1. The predicted octanol–water partition coefficient (Wildman–Crippen LogP) is 2.68. The fraction of sp³-hybridized carbons (Fsp3) is 0.391. The summed E-state index contributed by atoms with van der Waals surface area (Å²) in [5.41, 5.74) is 2.80. The maximum absolute atomic E-state index is 12.6. The van der Waals surface area contributed by atoms with Gasteiger partial charge in [-0.3, -0.25) is 14.3 Å². The molecule has 0 bridgehead atoms. The third kappa shape index (κ3) is 4.11. The summed E-state index contributed by atoms with van der Waals surface area (Å²) in [7, 11) is 1.64. The molecule has 1 aliphatic heterocycles. The molecule has 2 heterocycles. The van der Waals surface area contributed by atoms with E-state index in [1.165, 1.54) is 0 Å². The highest BCUT2D eigenvalue weighted by atomic mass is 16.5. The number of aromatic nitrogens is 2. The quantitative estimate of drug-likeness (QED) is 0.657. The topological polar surface area (TPSA) is 79.4 Å². The van der Waals surface area contributed by atoms with E-state index in [4.69, 9.17) is 4.74 Å². The number of carbonyl (C=O) groups is 1. The molecule has 0 saturated carbocycles. The number of imidazole rings is 1. The van der Waals surface area contributed by atoms with Gasteiger partial charge in [-0.1, -0.05) is 24.3 Å². The molecule has 158 valence electrons. The van der Waals surface area contributed by atoms with Crippen LogP contribution in [0.1, 0.15) is 31.4 Å². The van der Waals surface area contributed by atoms with Gasteiger partial charge < -0.3 is 15.0 Å². The average Bonchev–Trinajstić information content (AvgIpc) is 3.13. The minimum atomic E-state index is -0.205. The van der Waals surface area contributed by atoms with Crippen molar-refractivity contribution in [3.63, 3.8) is 0 Å². The largest absolute Gasteiger partial charge is 0.497 e. The lowest BCUT2D eigenvalue weighted by Gasteiger charge is -2.35. The van der Waals surface area contributed by atoms with Crippen molar-refractivity contribution in [2.45, 2.75) is 38.4 Å². The first-order valence-electron chi connectivity index (χ1n) is 10.4. The molecule has 1 fully saturated rings. The van der Waals surface area contributed by atoms with Crippen molar-refractivity contribution in [3.05, 3.63) is 64.6 Å². The minimum absolute atomic E-state index is 0.0218. The molecule has 1 saturated heterocycles. The molecular weight excluding hydrogens is 380 g/mol. The standard InChI is InChI=1S/C23H28N4O3/c1-16(22(28)24-15-17-7-9-19(30-2)10-8-17)26-13-11-18(12-14-26)27-21-6-4-3-5-20(21)25-23(27)29/h3-10,16,18H,11-15H2,1-2H3,(H,24,28)(H,25,29)/t16-/m1/s1. The summed E-state index contributed by atoms with van der Waals surface area (Å²) in [6.45, 7) is 4.01. The van der Waals surface area contributed by atoms with E-state index in [1.54, 1.807) is 7.11 Å². The van der Waals surface area contributed by atoms with Crippen LogP contribution in [0.4, 0.5) is 0 Å². The van der Waals surface area contributed by atoms with E-state index in [0.29, 0.717) is 6.54 Å². The molecule has 4 rings (SSSR count). The number of amides is 1. The number of H-pyrrole nitrogens is 1. The Kier molecular flexibility index (Phi) is 5.90. The predicted molar refractivity (Wildman–Crippen MR) is 117 cm³/mol.